The molecule has 4 bridgehead atoms. The van der Waals surface area contributed by atoms with E-state index >= 15 is 0 Å². The zero-order valence-corrected chi connectivity index (χ0v) is 6.49. The Morgan fingerprint density at radius 2 is 2.45 bits per heavy atom. The number of rotatable bonds is 2. The van der Waals surface area contributed by atoms with E-state index in [0.29, 0.717) is 0 Å². The Labute approximate surface area is 65.9 Å². The van der Waals surface area contributed by atoms with Gasteiger partial charge in [0, 0.05) is 19.0 Å². The Balaban J connectivity index is 1.83. The first-order valence-electron chi connectivity index (χ1n) is 4.34. The van der Waals surface area contributed by atoms with Crippen molar-refractivity contribution in [3.05, 3.63) is 0 Å². The minimum atomic E-state index is -0.0964. The molecule has 3 saturated heterocycles. The van der Waals surface area contributed by atoms with Crippen molar-refractivity contribution < 1.29 is 9.84 Å². The number of piperidine rings is 3. The van der Waals surface area contributed by atoms with Gasteiger partial charge in [-0.15, -0.1) is 0 Å². The van der Waals surface area contributed by atoms with Crippen LogP contribution in [0.1, 0.15) is 6.42 Å². The standard InChI is InChI=1S/C8H13NO2/c10-5-11-8-4-9-2-1-6(8)7(8)3-9/h6-7,10H,1-5H2/t6-,7?,8-/m1/s1. The molecule has 0 amide bonds. The fourth-order valence-electron chi connectivity index (χ4n) is 3.10. The third-order valence-corrected chi connectivity index (χ3v) is 3.65. The van der Waals surface area contributed by atoms with Crippen LogP contribution in [-0.2, 0) is 4.74 Å². The summed E-state index contributed by atoms with van der Waals surface area (Å²) in [5, 5.41) is 8.71. The first-order valence-corrected chi connectivity index (χ1v) is 4.34. The number of nitrogens with zero attached hydrogens (tertiary/aromatic N) is 1. The molecule has 0 radical (unpaired) electrons. The van der Waals surface area contributed by atoms with Crippen LogP contribution in [-0.4, -0.2) is 42.0 Å². The van der Waals surface area contributed by atoms with Gasteiger partial charge in [-0.1, -0.05) is 0 Å². The van der Waals surface area contributed by atoms with E-state index in [0.717, 1.165) is 18.4 Å². The van der Waals surface area contributed by atoms with Crippen LogP contribution in [0.2, 0.25) is 0 Å². The van der Waals surface area contributed by atoms with Crippen LogP contribution in [0, 0.1) is 11.8 Å². The molecule has 1 saturated carbocycles. The van der Waals surface area contributed by atoms with Crippen molar-refractivity contribution in [3.63, 3.8) is 0 Å². The molecule has 2 unspecified atom stereocenters. The van der Waals surface area contributed by atoms with Crippen LogP contribution >= 0.6 is 0 Å². The van der Waals surface area contributed by atoms with Crippen molar-refractivity contribution in [1.29, 1.82) is 0 Å². The van der Waals surface area contributed by atoms with Gasteiger partial charge in [0.1, 0.15) is 6.79 Å². The zero-order valence-electron chi connectivity index (χ0n) is 6.49. The summed E-state index contributed by atoms with van der Waals surface area (Å²) >= 11 is 0. The van der Waals surface area contributed by atoms with Crippen LogP contribution in [0.25, 0.3) is 0 Å². The molecule has 4 fully saturated rings. The normalized spacial score (nSPS) is 58.1. The first kappa shape index (κ1) is 6.40. The summed E-state index contributed by atoms with van der Waals surface area (Å²) in [7, 11) is 0. The molecule has 4 aliphatic rings. The van der Waals surface area contributed by atoms with Crippen LogP contribution < -0.4 is 0 Å². The quantitative estimate of drug-likeness (QED) is 0.554. The van der Waals surface area contributed by atoms with Crippen molar-refractivity contribution in [1.82, 2.24) is 4.90 Å². The molecule has 11 heavy (non-hydrogen) atoms. The second-order valence-corrected chi connectivity index (χ2v) is 3.97. The number of hydrogen-bond acceptors (Lipinski definition) is 3. The Hall–Kier alpha value is -0.120. The predicted molar refractivity (Wildman–Crippen MR) is 38.9 cm³/mol. The van der Waals surface area contributed by atoms with Crippen LogP contribution in [0.15, 0.2) is 0 Å². The summed E-state index contributed by atoms with van der Waals surface area (Å²) in [5.74, 6) is 1.53. The maximum atomic E-state index is 8.71. The Bertz CT molecular complexity index is 191. The lowest BCUT2D eigenvalue weighted by molar-refractivity contribution is -0.0821. The smallest absolute Gasteiger partial charge is 0.144 e. The van der Waals surface area contributed by atoms with Gasteiger partial charge in [0.2, 0.25) is 0 Å². The largest absolute Gasteiger partial charge is 0.371 e. The van der Waals surface area contributed by atoms with Gasteiger partial charge in [0.25, 0.3) is 0 Å². The Morgan fingerprint density at radius 1 is 1.55 bits per heavy atom. The van der Waals surface area contributed by atoms with Gasteiger partial charge < -0.3 is 14.7 Å². The second kappa shape index (κ2) is 1.79. The molecule has 62 valence electrons. The number of fused-ring (bicyclic) bond motifs is 1. The first-order chi connectivity index (χ1) is 5.37. The molecule has 3 nitrogen and oxygen atoms in total. The second-order valence-electron chi connectivity index (χ2n) is 3.97. The van der Waals surface area contributed by atoms with E-state index in [4.69, 9.17) is 9.84 Å². The number of hydrogen-bond donors (Lipinski definition) is 1. The van der Waals surface area contributed by atoms with Gasteiger partial charge in [0.15, 0.2) is 0 Å². The average Bonchev–Trinajstić information content (AvgIpc) is 2.51. The van der Waals surface area contributed by atoms with E-state index in [-0.39, 0.29) is 12.4 Å². The fraction of sp³-hybridized carbons (Fsp3) is 1.00. The molecule has 0 spiro atoms. The minimum Gasteiger partial charge on any atom is -0.371 e. The highest BCUT2D eigenvalue weighted by Gasteiger charge is 2.72. The van der Waals surface area contributed by atoms with Gasteiger partial charge in [-0.05, 0) is 18.9 Å². The van der Waals surface area contributed by atoms with Crippen molar-refractivity contribution >= 4 is 0 Å². The summed E-state index contributed by atoms with van der Waals surface area (Å²) in [4.78, 5) is 2.44. The van der Waals surface area contributed by atoms with Gasteiger partial charge in [-0.25, -0.2) is 0 Å². The summed E-state index contributed by atoms with van der Waals surface area (Å²) in [6.45, 7) is 3.44. The highest BCUT2D eigenvalue weighted by atomic mass is 16.6. The molecule has 0 aromatic carbocycles. The summed E-state index contributed by atoms with van der Waals surface area (Å²) in [5.41, 5.74) is 0.104. The zero-order chi connectivity index (χ0) is 7.47. The lowest BCUT2D eigenvalue weighted by atomic mass is 10.1. The molecule has 1 N–H and O–H groups in total. The third-order valence-electron chi connectivity index (χ3n) is 3.65. The van der Waals surface area contributed by atoms with Crippen LogP contribution in [0.5, 0.6) is 0 Å². The molecule has 3 heterocycles. The molecule has 3 aliphatic heterocycles. The molecular formula is C8H13NO2. The molecule has 0 aromatic heterocycles. The maximum Gasteiger partial charge on any atom is 0.144 e. The SMILES string of the molecule is OCO[C@]12CN3CC[C@@H]1C2C3. The summed E-state index contributed by atoms with van der Waals surface area (Å²) < 4.78 is 5.41. The fourth-order valence-corrected chi connectivity index (χ4v) is 3.10. The molecule has 3 heteroatoms. The average molecular weight is 155 g/mol. The van der Waals surface area contributed by atoms with Crippen molar-refractivity contribution in [2.75, 3.05) is 26.4 Å². The number of aliphatic hydroxyl groups is 1. The van der Waals surface area contributed by atoms with E-state index in [9.17, 15) is 0 Å². The van der Waals surface area contributed by atoms with Gasteiger partial charge in [-0.3, -0.25) is 0 Å². The molecular weight excluding hydrogens is 142 g/mol. The van der Waals surface area contributed by atoms with Crippen molar-refractivity contribution in [2.24, 2.45) is 11.8 Å². The van der Waals surface area contributed by atoms with Crippen LogP contribution in [0.3, 0.4) is 0 Å². The van der Waals surface area contributed by atoms with Gasteiger partial charge in [-0.2, -0.15) is 0 Å². The molecule has 0 aromatic rings. The Morgan fingerprint density at radius 3 is 2.91 bits per heavy atom. The molecule has 4 rings (SSSR count). The van der Waals surface area contributed by atoms with E-state index in [1.807, 2.05) is 0 Å². The number of ether oxygens (including phenoxy) is 1. The topological polar surface area (TPSA) is 32.7 Å². The lowest BCUT2D eigenvalue weighted by Gasteiger charge is -2.28. The highest BCUT2D eigenvalue weighted by Crippen LogP contribution is 2.62. The monoisotopic (exact) mass is 155 g/mol. The third kappa shape index (κ3) is 0.604. The lowest BCUT2D eigenvalue weighted by Crippen LogP contribution is -2.38. The van der Waals surface area contributed by atoms with E-state index in [1.165, 1.54) is 19.5 Å². The van der Waals surface area contributed by atoms with E-state index < -0.39 is 0 Å². The highest BCUT2D eigenvalue weighted by molar-refractivity contribution is 5.22. The van der Waals surface area contributed by atoms with Crippen molar-refractivity contribution in [3.8, 4) is 0 Å². The van der Waals surface area contributed by atoms with Crippen LogP contribution in [0.4, 0.5) is 0 Å². The molecule has 4 atom stereocenters. The molecule has 1 aliphatic carbocycles. The maximum absolute atomic E-state index is 8.71. The Kier molecular flexibility index (Phi) is 1.04. The predicted octanol–water partition coefficient (Wildman–Crippen LogP) is -0.343. The van der Waals surface area contributed by atoms with Crippen molar-refractivity contribution in [2.45, 2.75) is 12.0 Å². The van der Waals surface area contributed by atoms with E-state index in [1.54, 1.807) is 0 Å². The summed E-state index contributed by atoms with van der Waals surface area (Å²) in [6, 6.07) is 0. The number of aliphatic hydroxyl groups excluding tert-OH is 1. The minimum absolute atomic E-state index is 0.0964. The van der Waals surface area contributed by atoms with Gasteiger partial charge >= 0.3 is 0 Å². The summed E-state index contributed by atoms with van der Waals surface area (Å²) in [6.07, 6.45) is 1.28. The van der Waals surface area contributed by atoms with E-state index in [2.05, 4.69) is 4.90 Å². The van der Waals surface area contributed by atoms with Gasteiger partial charge in [0.05, 0.1) is 5.60 Å².